The average molecular weight is 353 g/mol. The number of hydrogen-bond donors (Lipinski definition) is 2. The number of amides is 1. The van der Waals surface area contributed by atoms with Crippen molar-refractivity contribution in [2.45, 2.75) is 38.5 Å². The van der Waals surface area contributed by atoms with E-state index < -0.39 is 23.3 Å². The molecule has 2 aliphatic carbocycles. The standard InChI is InChI=1S/C17H24FN3O4/c1-24-15-14(18)16(21-17(23)20-15)25-9-13(22)19-8-12-6-10-3-2-4-11(5-10)7-12/h10-12H,2-9H2,1H3,(H,19,22)(H,20,21,23). The summed E-state index contributed by atoms with van der Waals surface area (Å²) < 4.78 is 23.6. The van der Waals surface area contributed by atoms with Gasteiger partial charge in [-0.05, 0) is 37.0 Å². The van der Waals surface area contributed by atoms with E-state index in [0.717, 1.165) is 11.8 Å². The predicted octanol–water partition coefficient (Wildman–Crippen LogP) is 1.63. The minimum atomic E-state index is -0.935. The summed E-state index contributed by atoms with van der Waals surface area (Å²) >= 11 is 0. The molecule has 0 aromatic carbocycles. The molecule has 1 aromatic rings. The minimum Gasteiger partial charge on any atom is -0.479 e. The first-order chi connectivity index (χ1) is 12.0. The van der Waals surface area contributed by atoms with E-state index in [4.69, 9.17) is 4.74 Å². The lowest BCUT2D eigenvalue weighted by molar-refractivity contribution is -0.123. The second-order valence-corrected chi connectivity index (χ2v) is 7.02. The summed E-state index contributed by atoms with van der Waals surface area (Å²) in [5.74, 6) is -0.0809. The van der Waals surface area contributed by atoms with E-state index in [0.29, 0.717) is 12.5 Å². The van der Waals surface area contributed by atoms with Crippen molar-refractivity contribution in [2.24, 2.45) is 17.8 Å². The first-order valence-corrected chi connectivity index (χ1v) is 8.78. The molecule has 0 spiro atoms. The Morgan fingerprint density at radius 2 is 2.04 bits per heavy atom. The van der Waals surface area contributed by atoms with Crippen molar-refractivity contribution >= 4 is 5.91 Å². The van der Waals surface area contributed by atoms with E-state index in [-0.39, 0.29) is 12.5 Å². The molecule has 1 aromatic heterocycles. The van der Waals surface area contributed by atoms with Crippen molar-refractivity contribution in [1.29, 1.82) is 0 Å². The van der Waals surface area contributed by atoms with Gasteiger partial charge in [0.15, 0.2) is 6.61 Å². The van der Waals surface area contributed by atoms with Gasteiger partial charge in [0.05, 0.1) is 7.11 Å². The minimum absolute atomic E-state index is 0.341. The first kappa shape index (κ1) is 17.7. The third-order valence-corrected chi connectivity index (χ3v) is 5.16. The highest BCUT2D eigenvalue weighted by Crippen LogP contribution is 2.42. The smallest absolute Gasteiger partial charge is 0.351 e. The van der Waals surface area contributed by atoms with Crippen LogP contribution in [0, 0.1) is 23.6 Å². The fourth-order valence-electron chi connectivity index (χ4n) is 4.14. The molecule has 8 heteroatoms. The van der Waals surface area contributed by atoms with E-state index >= 15 is 0 Å². The van der Waals surface area contributed by atoms with Crippen LogP contribution >= 0.6 is 0 Å². The van der Waals surface area contributed by atoms with Gasteiger partial charge >= 0.3 is 5.69 Å². The SMILES string of the molecule is COc1nc(=O)[nH]c(OCC(=O)NCC2CC3CCCC(C3)C2)c1F. The Labute approximate surface area is 145 Å². The predicted molar refractivity (Wildman–Crippen MR) is 88.0 cm³/mol. The second-order valence-electron chi connectivity index (χ2n) is 7.02. The van der Waals surface area contributed by atoms with Crippen LogP contribution in [-0.4, -0.2) is 36.1 Å². The van der Waals surface area contributed by atoms with Gasteiger partial charge in [-0.1, -0.05) is 19.3 Å². The van der Waals surface area contributed by atoms with Crippen molar-refractivity contribution in [1.82, 2.24) is 15.3 Å². The molecule has 2 unspecified atom stereocenters. The number of halogens is 1. The number of H-pyrrole nitrogens is 1. The van der Waals surface area contributed by atoms with E-state index in [9.17, 15) is 14.0 Å². The Bertz CT molecular complexity index is 666. The lowest BCUT2D eigenvalue weighted by atomic mass is 9.68. The van der Waals surface area contributed by atoms with Crippen LogP contribution in [0.5, 0.6) is 11.8 Å². The summed E-state index contributed by atoms with van der Waals surface area (Å²) in [7, 11) is 1.20. The maximum absolute atomic E-state index is 13.9. The van der Waals surface area contributed by atoms with Gasteiger partial charge in [-0.15, -0.1) is 0 Å². The molecule has 3 rings (SSSR count). The molecule has 0 saturated heterocycles. The van der Waals surface area contributed by atoms with Crippen molar-refractivity contribution in [3.05, 3.63) is 16.3 Å². The Balaban J connectivity index is 1.47. The number of ether oxygens (including phenoxy) is 2. The number of fused-ring (bicyclic) bond motifs is 2. The van der Waals surface area contributed by atoms with Gasteiger partial charge in [0.1, 0.15) is 0 Å². The summed E-state index contributed by atoms with van der Waals surface area (Å²) in [6, 6.07) is 0. The third kappa shape index (κ3) is 4.49. The maximum atomic E-state index is 13.9. The summed E-state index contributed by atoms with van der Waals surface area (Å²) in [6.45, 7) is 0.244. The number of carbonyl (C=O) groups excluding carboxylic acids is 1. The number of nitrogens with zero attached hydrogens (tertiary/aromatic N) is 1. The zero-order valence-electron chi connectivity index (χ0n) is 14.3. The van der Waals surface area contributed by atoms with Gasteiger partial charge in [0.25, 0.3) is 11.8 Å². The van der Waals surface area contributed by atoms with Crippen molar-refractivity contribution in [3.63, 3.8) is 0 Å². The molecule has 2 atom stereocenters. The van der Waals surface area contributed by atoms with Crippen LogP contribution in [0.1, 0.15) is 38.5 Å². The lowest BCUT2D eigenvalue weighted by Gasteiger charge is -2.39. The van der Waals surface area contributed by atoms with Crippen molar-refractivity contribution in [3.8, 4) is 11.8 Å². The van der Waals surface area contributed by atoms with Gasteiger partial charge in [-0.2, -0.15) is 9.37 Å². The fourth-order valence-corrected chi connectivity index (χ4v) is 4.14. The zero-order chi connectivity index (χ0) is 17.8. The highest BCUT2D eigenvalue weighted by Gasteiger charge is 2.31. The molecule has 0 radical (unpaired) electrons. The maximum Gasteiger partial charge on any atom is 0.351 e. The van der Waals surface area contributed by atoms with Gasteiger partial charge in [0, 0.05) is 6.54 Å². The van der Waals surface area contributed by atoms with Crippen LogP contribution in [0.25, 0.3) is 0 Å². The molecule has 2 aliphatic rings. The molecule has 7 nitrogen and oxygen atoms in total. The summed E-state index contributed by atoms with van der Waals surface area (Å²) in [5, 5.41) is 2.85. The van der Waals surface area contributed by atoms with Crippen LogP contribution < -0.4 is 20.5 Å². The molecule has 138 valence electrons. The van der Waals surface area contributed by atoms with Crippen LogP contribution in [0.15, 0.2) is 4.79 Å². The monoisotopic (exact) mass is 353 g/mol. The Hall–Kier alpha value is -2.12. The summed E-state index contributed by atoms with van der Waals surface area (Å²) in [4.78, 5) is 28.7. The number of carbonyl (C=O) groups is 1. The number of aromatic amines is 1. The Kier molecular flexibility index (Phi) is 5.55. The molecular weight excluding hydrogens is 329 g/mol. The average Bonchev–Trinajstić information content (AvgIpc) is 2.60. The van der Waals surface area contributed by atoms with Crippen molar-refractivity contribution in [2.75, 3.05) is 20.3 Å². The highest BCUT2D eigenvalue weighted by atomic mass is 19.1. The van der Waals surface area contributed by atoms with Crippen LogP contribution in [0.2, 0.25) is 0 Å². The molecule has 2 N–H and O–H groups in total. The normalized spacial score (nSPS) is 25.3. The van der Waals surface area contributed by atoms with E-state index in [1.165, 1.54) is 45.6 Å². The van der Waals surface area contributed by atoms with E-state index in [2.05, 4.69) is 20.0 Å². The zero-order valence-corrected chi connectivity index (χ0v) is 14.3. The number of methoxy groups -OCH3 is 1. The van der Waals surface area contributed by atoms with Gasteiger partial charge in [-0.3, -0.25) is 9.78 Å². The van der Waals surface area contributed by atoms with Crippen LogP contribution in [0.3, 0.4) is 0 Å². The number of nitrogens with one attached hydrogen (secondary N) is 2. The summed E-state index contributed by atoms with van der Waals surface area (Å²) in [6.07, 6.45) is 7.62. The van der Waals surface area contributed by atoms with Gasteiger partial charge in [0.2, 0.25) is 11.7 Å². The molecule has 2 bridgehead atoms. The van der Waals surface area contributed by atoms with E-state index in [1.54, 1.807) is 0 Å². The molecule has 1 amide bonds. The fraction of sp³-hybridized carbons (Fsp3) is 0.706. The Morgan fingerprint density at radius 3 is 2.72 bits per heavy atom. The number of hydrogen-bond acceptors (Lipinski definition) is 5. The van der Waals surface area contributed by atoms with Gasteiger partial charge < -0.3 is 14.8 Å². The highest BCUT2D eigenvalue weighted by molar-refractivity contribution is 5.77. The quantitative estimate of drug-likeness (QED) is 0.811. The lowest BCUT2D eigenvalue weighted by Crippen LogP contribution is -2.37. The molecular formula is C17H24FN3O4. The Morgan fingerprint density at radius 1 is 1.32 bits per heavy atom. The first-order valence-electron chi connectivity index (χ1n) is 8.78. The summed E-state index contributed by atoms with van der Waals surface area (Å²) in [5.41, 5.74) is -0.803. The topological polar surface area (TPSA) is 93.3 Å². The van der Waals surface area contributed by atoms with E-state index in [1.807, 2.05) is 0 Å². The number of aromatic nitrogens is 2. The van der Waals surface area contributed by atoms with Gasteiger partial charge in [-0.25, -0.2) is 4.79 Å². The largest absolute Gasteiger partial charge is 0.479 e. The molecule has 0 aliphatic heterocycles. The third-order valence-electron chi connectivity index (χ3n) is 5.16. The van der Waals surface area contributed by atoms with Crippen LogP contribution in [0.4, 0.5) is 4.39 Å². The van der Waals surface area contributed by atoms with Crippen molar-refractivity contribution < 1.29 is 18.7 Å². The molecule has 1 heterocycles. The molecule has 2 fully saturated rings. The van der Waals surface area contributed by atoms with Crippen LogP contribution in [-0.2, 0) is 4.79 Å². The molecule has 25 heavy (non-hydrogen) atoms. The second kappa shape index (κ2) is 7.84. The number of rotatable bonds is 6. The molecule has 2 saturated carbocycles.